The van der Waals surface area contributed by atoms with Gasteiger partial charge in [0, 0.05) is 23.2 Å². The lowest BCUT2D eigenvalue weighted by molar-refractivity contribution is -0.384. The van der Waals surface area contributed by atoms with Crippen LogP contribution in [0.25, 0.3) is 0 Å². The van der Waals surface area contributed by atoms with Gasteiger partial charge in [0.2, 0.25) is 0 Å². The van der Waals surface area contributed by atoms with Crippen molar-refractivity contribution in [2.75, 3.05) is 0 Å². The Morgan fingerprint density at radius 2 is 2.15 bits per heavy atom. The summed E-state index contributed by atoms with van der Waals surface area (Å²) >= 11 is 1.51. The number of nitro benzene ring substituents is 1. The molecule has 7 heteroatoms. The van der Waals surface area contributed by atoms with E-state index in [-0.39, 0.29) is 11.1 Å². The summed E-state index contributed by atoms with van der Waals surface area (Å²) in [6, 6.07) is 6.24. The Morgan fingerprint density at radius 1 is 1.41 bits per heavy atom. The topological polar surface area (TPSA) is 98.6 Å². The zero-order chi connectivity index (χ0) is 19.8. The third-order valence-electron chi connectivity index (χ3n) is 5.13. The van der Waals surface area contributed by atoms with Crippen molar-refractivity contribution in [1.29, 1.82) is 0 Å². The van der Waals surface area contributed by atoms with Gasteiger partial charge in [-0.15, -0.1) is 11.3 Å². The van der Waals surface area contributed by atoms with Crippen LogP contribution in [0.2, 0.25) is 0 Å². The lowest BCUT2D eigenvalue weighted by Crippen LogP contribution is -2.27. The van der Waals surface area contributed by atoms with E-state index in [0.29, 0.717) is 22.0 Å². The maximum absolute atomic E-state index is 12.1. The third-order valence-corrected chi connectivity index (χ3v) is 6.29. The number of carbonyl (C=O) groups is 1. The first-order valence-electron chi connectivity index (χ1n) is 8.89. The zero-order valence-electron chi connectivity index (χ0n) is 15.7. The van der Waals surface area contributed by atoms with E-state index in [1.54, 1.807) is 18.3 Å². The standard InChI is InChI=1S/C20H23N3O3S/c1-20(2,3)13-7-8-15-16(10-13)27-19(17(15)18(21)24)22-11-12-5-4-6-14(9-12)23(25)26/h4-6,9,11,13H,7-8,10H2,1-3H3,(H2,21,24)/b22-11+. The highest BCUT2D eigenvalue weighted by molar-refractivity contribution is 7.16. The van der Waals surface area contributed by atoms with Crippen LogP contribution in [0.5, 0.6) is 0 Å². The van der Waals surface area contributed by atoms with Gasteiger partial charge in [0.15, 0.2) is 0 Å². The molecule has 1 aliphatic rings. The van der Waals surface area contributed by atoms with Gasteiger partial charge >= 0.3 is 0 Å². The average molecular weight is 385 g/mol. The highest BCUT2D eigenvalue weighted by atomic mass is 32.1. The molecule has 0 radical (unpaired) electrons. The van der Waals surface area contributed by atoms with Crippen LogP contribution in [-0.2, 0) is 12.8 Å². The minimum absolute atomic E-state index is 0.00701. The van der Waals surface area contributed by atoms with Crippen LogP contribution in [0.3, 0.4) is 0 Å². The summed E-state index contributed by atoms with van der Waals surface area (Å²) in [5, 5.41) is 11.5. The van der Waals surface area contributed by atoms with E-state index in [4.69, 9.17) is 5.73 Å². The van der Waals surface area contributed by atoms with Crippen LogP contribution >= 0.6 is 11.3 Å². The number of fused-ring (bicyclic) bond motifs is 1. The normalized spacial score (nSPS) is 17.1. The van der Waals surface area contributed by atoms with Crippen LogP contribution in [0.1, 0.15) is 53.6 Å². The van der Waals surface area contributed by atoms with E-state index >= 15 is 0 Å². The van der Waals surface area contributed by atoms with E-state index in [2.05, 4.69) is 25.8 Å². The van der Waals surface area contributed by atoms with Crippen molar-refractivity contribution < 1.29 is 9.72 Å². The molecule has 1 aromatic heterocycles. The molecule has 1 heterocycles. The second kappa shape index (κ2) is 7.23. The van der Waals surface area contributed by atoms with Crippen LogP contribution in [0.15, 0.2) is 29.3 Å². The van der Waals surface area contributed by atoms with Crippen LogP contribution in [0.4, 0.5) is 10.7 Å². The van der Waals surface area contributed by atoms with Crippen molar-refractivity contribution in [2.24, 2.45) is 22.1 Å². The Hall–Kier alpha value is -2.54. The Bertz CT molecular complexity index is 925. The number of nitrogens with two attached hydrogens (primary N) is 1. The second-order valence-electron chi connectivity index (χ2n) is 7.96. The Kier molecular flexibility index (Phi) is 5.15. The van der Waals surface area contributed by atoms with Crippen molar-refractivity contribution in [1.82, 2.24) is 0 Å². The lowest BCUT2D eigenvalue weighted by Gasteiger charge is -2.33. The fourth-order valence-electron chi connectivity index (χ4n) is 3.51. The van der Waals surface area contributed by atoms with Gasteiger partial charge in [0.1, 0.15) is 5.00 Å². The van der Waals surface area contributed by atoms with Gasteiger partial charge < -0.3 is 5.73 Å². The number of primary amides is 1. The van der Waals surface area contributed by atoms with Crippen LogP contribution in [-0.4, -0.2) is 17.0 Å². The number of aliphatic imine (C=N–C) groups is 1. The maximum Gasteiger partial charge on any atom is 0.270 e. The van der Waals surface area contributed by atoms with E-state index in [1.807, 2.05) is 0 Å². The monoisotopic (exact) mass is 385 g/mol. The van der Waals surface area contributed by atoms with Crippen molar-refractivity contribution in [2.45, 2.75) is 40.0 Å². The summed E-state index contributed by atoms with van der Waals surface area (Å²) in [5.41, 5.74) is 8.00. The molecule has 2 N–H and O–H groups in total. The van der Waals surface area contributed by atoms with Gasteiger partial charge in [0.05, 0.1) is 10.5 Å². The van der Waals surface area contributed by atoms with Gasteiger partial charge in [0.25, 0.3) is 11.6 Å². The molecule has 27 heavy (non-hydrogen) atoms. The smallest absolute Gasteiger partial charge is 0.270 e. The van der Waals surface area contributed by atoms with Crippen LogP contribution < -0.4 is 5.73 Å². The molecular formula is C20H23N3O3S. The van der Waals surface area contributed by atoms with Crippen LogP contribution in [0, 0.1) is 21.4 Å². The molecule has 1 amide bonds. The largest absolute Gasteiger partial charge is 0.365 e. The van der Waals surface area contributed by atoms with Gasteiger partial charge in [-0.25, -0.2) is 4.99 Å². The number of nitro groups is 1. The number of rotatable bonds is 4. The molecule has 1 unspecified atom stereocenters. The summed E-state index contributed by atoms with van der Waals surface area (Å²) in [4.78, 5) is 28.2. The number of carbonyl (C=O) groups excluding carboxylic acids is 1. The van der Waals surface area contributed by atoms with Crippen molar-refractivity contribution in [3.05, 3.63) is 55.9 Å². The van der Waals surface area contributed by atoms with E-state index < -0.39 is 10.8 Å². The number of hydrogen-bond acceptors (Lipinski definition) is 5. The predicted molar refractivity (Wildman–Crippen MR) is 108 cm³/mol. The molecule has 0 fully saturated rings. The molecular weight excluding hydrogens is 362 g/mol. The molecule has 3 rings (SSSR count). The zero-order valence-corrected chi connectivity index (χ0v) is 16.5. The van der Waals surface area contributed by atoms with Crippen molar-refractivity contribution in [3.63, 3.8) is 0 Å². The Balaban J connectivity index is 1.95. The molecule has 0 saturated carbocycles. The summed E-state index contributed by atoms with van der Waals surface area (Å²) < 4.78 is 0. The highest BCUT2D eigenvalue weighted by Crippen LogP contribution is 2.45. The first kappa shape index (κ1) is 19.2. The number of non-ortho nitro benzene ring substituents is 1. The molecule has 142 valence electrons. The first-order valence-corrected chi connectivity index (χ1v) is 9.71. The van der Waals surface area contributed by atoms with Crippen molar-refractivity contribution in [3.8, 4) is 0 Å². The van der Waals surface area contributed by atoms with Gasteiger partial charge in [-0.2, -0.15) is 0 Å². The number of benzene rings is 1. The average Bonchev–Trinajstić information content (AvgIpc) is 2.97. The summed E-state index contributed by atoms with van der Waals surface area (Å²) in [7, 11) is 0. The Morgan fingerprint density at radius 3 is 2.78 bits per heavy atom. The molecule has 6 nitrogen and oxygen atoms in total. The first-order chi connectivity index (χ1) is 12.7. The van der Waals surface area contributed by atoms with Gasteiger partial charge in [-0.3, -0.25) is 14.9 Å². The molecule has 0 aliphatic heterocycles. The second-order valence-corrected chi connectivity index (χ2v) is 9.05. The molecule has 0 saturated heterocycles. The molecule has 1 atom stereocenters. The number of nitrogens with zero attached hydrogens (tertiary/aromatic N) is 2. The number of amides is 1. The summed E-state index contributed by atoms with van der Waals surface area (Å²) in [6.45, 7) is 6.73. The molecule has 1 aliphatic carbocycles. The molecule has 0 bridgehead atoms. The quantitative estimate of drug-likeness (QED) is 0.471. The third kappa shape index (κ3) is 4.08. The van der Waals surface area contributed by atoms with E-state index in [9.17, 15) is 14.9 Å². The fraction of sp³-hybridized carbons (Fsp3) is 0.400. The predicted octanol–water partition coefficient (Wildman–Crippen LogP) is 4.66. The minimum Gasteiger partial charge on any atom is -0.365 e. The lowest BCUT2D eigenvalue weighted by atomic mass is 9.72. The van der Waals surface area contributed by atoms with Crippen molar-refractivity contribution >= 4 is 34.1 Å². The number of thiophene rings is 1. The summed E-state index contributed by atoms with van der Waals surface area (Å²) in [6.07, 6.45) is 4.34. The van der Waals surface area contributed by atoms with Gasteiger partial charge in [-0.05, 0) is 41.7 Å². The molecule has 0 spiro atoms. The highest BCUT2D eigenvalue weighted by Gasteiger charge is 2.33. The molecule has 1 aromatic carbocycles. The Labute approximate surface area is 162 Å². The maximum atomic E-state index is 12.1. The SMILES string of the molecule is CC(C)(C)C1CCc2c(sc(/N=C/c3cccc([N+](=O)[O-])c3)c2C(N)=O)C1. The van der Waals surface area contributed by atoms with E-state index in [1.165, 1.54) is 28.3 Å². The molecule has 2 aromatic rings. The number of hydrogen-bond donors (Lipinski definition) is 1. The summed E-state index contributed by atoms with van der Waals surface area (Å²) in [5.74, 6) is 0.0888. The fourth-order valence-corrected chi connectivity index (χ4v) is 4.78. The van der Waals surface area contributed by atoms with Gasteiger partial charge in [-0.1, -0.05) is 32.9 Å². The van der Waals surface area contributed by atoms with E-state index in [0.717, 1.165) is 24.8 Å². The minimum atomic E-state index is -0.465.